The zero-order valence-electron chi connectivity index (χ0n) is 21.3. The van der Waals surface area contributed by atoms with Crippen molar-refractivity contribution in [3.05, 3.63) is 58.1 Å². The minimum atomic E-state index is -3.66. The summed E-state index contributed by atoms with van der Waals surface area (Å²) in [5.41, 5.74) is 4.23. The molecule has 0 bridgehead atoms. The molecule has 1 amide bonds. The van der Waals surface area contributed by atoms with Crippen molar-refractivity contribution >= 4 is 15.9 Å². The number of ether oxygens (including phenoxy) is 1. The summed E-state index contributed by atoms with van der Waals surface area (Å²) < 4.78 is 33.4. The van der Waals surface area contributed by atoms with Crippen molar-refractivity contribution in [2.45, 2.75) is 51.5 Å². The molecule has 0 spiro atoms. The van der Waals surface area contributed by atoms with Crippen molar-refractivity contribution in [1.29, 1.82) is 0 Å². The molecule has 1 heterocycles. The van der Waals surface area contributed by atoms with Crippen molar-refractivity contribution in [3.8, 4) is 5.75 Å². The molecule has 0 unspecified atom stereocenters. The number of benzene rings is 2. The molecule has 3 rings (SSSR count). The lowest BCUT2D eigenvalue weighted by Crippen LogP contribution is -2.47. The van der Waals surface area contributed by atoms with Crippen LogP contribution in [-0.4, -0.2) is 63.9 Å². The summed E-state index contributed by atoms with van der Waals surface area (Å²) in [4.78, 5) is 15.5. The van der Waals surface area contributed by atoms with E-state index in [1.165, 1.54) is 10.4 Å². The Bertz CT molecular complexity index is 1150. The van der Waals surface area contributed by atoms with E-state index in [1.54, 1.807) is 19.2 Å². The largest absolute Gasteiger partial charge is 0.496 e. The zero-order chi connectivity index (χ0) is 25.2. The number of sulfonamides is 1. The zero-order valence-corrected chi connectivity index (χ0v) is 22.1. The van der Waals surface area contributed by atoms with E-state index in [9.17, 15) is 13.2 Å². The van der Waals surface area contributed by atoms with E-state index in [2.05, 4.69) is 30.1 Å². The fourth-order valence-corrected chi connectivity index (χ4v) is 5.80. The van der Waals surface area contributed by atoms with Gasteiger partial charge in [0.25, 0.3) is 5.91 Å². The molecular weight excluding hydrogens is 450 g/mol. The van der Waals surface area contributed by atoms with Crippen LogP contribution in [0.2, 0.25) is 0 Å². The van der Waals surface area contributed by atoms with Crippen LogP contribution >= 0.6 is 0 Å². The highest BCUT2D eigenvalue weighted by Crippen LogP contribution is 2.32. The van der Waals surface area contributed by atoms with Gasteiger partial charge in [0.05, 0.1) is 18.0 Å². The third kappa shape index (κ3) is 5.45. The Balaban J connectivity index is 1.86. The van der Waals surface area contributed by atoms with Gasteiger partial charge in [0.15, 0.2) is 0 Å². The van der Waals surface area contributed by atoms with E-state index in [-0.39, 0.29) is 22.8 Å². The van der Waals surface area contributed by atoms with Crippen LogP contribution in [0.4, 0.5) is 0 Å². The van der Waals surface area contributed by atoms with E-state index < -0.39 is 10.0 Å². The van der Waals surface area contributed by atoms with Gasteiger partial charge in [0.2, 0.25) is 10.0 Å². The van der Waals surface area contributed by atoms with Gasteiger partial charge in [-0.05, 0) is 80.3 Å². The van der Waals surface area contributed by atoms with Gasteiger partial charge in [0, 0.05) is 31.7 Å². The molecule has 2 aromatic rings. The monoisotopic (exact) mass is 487 g/mol. The molecule has 2 aromatic carbocycles. The van der Waals surface area contributed by atoms with Gasteiger partial charge in [-0.15, -0.1) is 0 Å². The fraction of sp³-hybridized carbons (Fsp3) is 0.500. The molecule has 1 aliphatic heterocycles. The molecule has 0 aromatic heterocycles. The molecule has 1 aliphatic rings. The average molecular weight is 488 g/mol. The van der Waals surface area contributed by atoms with E-state index in [4.69, 9.17) is 4.74 Å². The molecule has 0 aliphatic carbocycles. The first-order chi connectivity index (χ1) is 15.9. The van der Waals surface area contributed by atoms with Gasteiger partial charge in [-0.25, -0.2) is 8.42 Å². The Morgan fingerprint density at radius 3 is 2.21 bits per heavy atom. The molecule has 186 valence electrons. The maximum absolute atomic E-state index is 13.3. The standard InChI is InChI=1S/C26H37N3O4S/c1-17(2)22-16-23(19(4)14-25(22)33-7)20(5)27-26(30)24-15-21(9-8-18(24)3)34(31,32)29-12-10-28(6)11-13-29/h8-9,14-17,20H,10-13H2,1-7H3,(H,27,30)/t20-/m0/s1. The number of amides is 1. The van der Waals surface area contributed by atoms with Crippen LogP contribution in [0.25, 0.3) is 0 Å². The Morgan fingerprint density at radius 1 is 0.971 bits per heavy atom. The summed E-state index contributed by atoms with van der Waals surface area (Å²) in [6, 6.07) is 8.63. The second-order valence-electron chi connectivity index (χ2n) is 9.48. The number of hydrogen-bond acceptors (Lipinski definition) is 5. The average Bonchev–Trinajstić information content (AvgIpc) is 2.78. The summed E-state index contributed by atoms with van der Waals surface area (Å²) in [7, 11) is -0.0112. The molecule has 0 radical (unpaired) electrons. The SMILES string of the molecule is COc1cc(C)c([C@H](C)NC(=O)c2cc(S(=O)(=O)N3CCN(C)CC3)ccc2C)cc1C(C)C. The topological polar surface area (TPSA) is 78.9 Å². The molecule has 1 N–H and O–H groups in total. The van der Waals surface area contributed by atoms with E-state index in [0.717, 1.165) is 28.0 Å². The summed E-state index contributed by atoms with van der Waals surface area (Å²) in [6.07, 6.45) is 0. The molecule has 1 atom stereocenters. The number of piperazine rings is 1. The predicted octanol–water partition coefficient (Wildman–Crippen LogP) is 3.86. The number of nitrogens with one attached hydrogen (secondary N) is 1. The van der Waals surface area contributed by atoms with Gasteiger partial charge < -0.3 is 15.0 Å². The van der Waals surface area contributed by atoms with Gasteiger partial charge in [-0.3, -0.25) is 4.79 Å². The number of rotatable bonds is 7. The van der Waals surface area contributed by atoms with Crippen LogP contribution in [-0.2, 0) is 10.0 Å². The molecular formula is C26H37N3O4S. The van der Waals surface area contributed by atoms with Crippen LogP contribution in [0, 0.1) is 13.8 Å². The van der Waals surface area contributed by atoms with Crippen molar-refractivity contribution in [3.63, 3.8) is 0 Å². The van der Waals surface area contributed by atoms with Crippen molar-refractivity contribution in [2.75, 3.05) is 40.3 Å². The Morgan fingerprint density at radius 2 is 1.62 bits per heavy atom. The number of carbonyl (C=O) groups is 1. The highest BCUT2D eigenvalue weighted by atomic mass is 32.2. The number of nitrogens with zero attached hydrogens (tertiary/aromatic N) is 2. The lowest BCUT2D eigenvalue weighted by molar-refractivity contribution is 0.0939. The van der Waals surface area contributed by atoms with Gasteiger partial charge >= 0.3 is 0 Å². The third-order valence-corrected chi connectivity index (χ3v) is 8.50. The fourth-order valence-electron chi connectivity index (χ4n) is 4.35. The minimum Gasteiger partial charge on any atom is -0.496 e. The number of likely N-dealkylation sites (N-methyl/N-ethyl adjacent to an activating group) is 1. The second kappa shape index (κ2) is 10.5. The highest BCUT2D eigenvalue weighted by molar-refractivity contribution is 7.89. The number of hydrogen-bond donors (Lipinski definition) is 1. The smallest absolute Gasteiger partial charge is 0.252 e. The van der Waals surface area contributed by atoms with Crippen molar-refractivity contribution in [1.82, 2.24) is 14.5 Å². The van der Waals surface area contributed by atoms with E-state index in [0.29, 0.717) is 31.7 Å². The number of aryl methyl sites for hydroxylation is 2. The molecule has 34 heavy (non-hydrogen) atoms. The van der Waals surface area contributed by atoms with Crippen LogP contribution in [0.3, 0.4) is 0 Å². The maximum atomic E-state index is 13.3. The maximum Gasteiger partial charge on any atom is 0.252 e. The normalized spacial score (nSPS) is 16.5. The Hall–Kier alpha value is -2.42. The summed E-state index contributed by atoms with van der Waals surface area (Å²) >= 11 is 0. The van der Waals surface area contributed by atoms with Gasteiger partial charge in [-0.2, -0.15) is 4.31 Å². The first kappa shape index (κ1) is 26.2. The van der Waals surface area contributed by atoms with Crippen LogP contribution in [0.5, 0.6) is 5.75 Å². The first-order valence-corrected chi connectivity index (χ1v) is 13.2. The van der Waals surface area contributed by atoms with Gasteiger partial charge in [0.1, 0.15) is 5.75 Å². The lowest BCUT2D eigenvalue weighted by Gasteiger charge is -2.31. The molecule has 7 nitrogen and oxygen atoms in total. The summed E-state index contributed by atoms with van der Waals surface area (Å²) in [5.74, 6) is 0.824. The molecule has 1 fully saturated rings. The van der Waals surface area contributed by atoms with Crippen molar-refractivity contribution < 1.29 is 17.9 Å². The van der Waals surface area contributed by atoms with Crippen LogP contribution in [0.15, 0.2) is 35.2 Å². The number of methoxy groups -OCH3 is 1. The summed E-state index contributed by atoms with van der Waals surface area (Å²) in [5, 5.41) is 3.07. The molecule has 8 heteroatoms. The minimum absolute atomic E-state index is 0.156. The van der Waals surface area contributed by atoms with Crippen LogP contribution < -0.4 is 10.1 Å². The molecule has 0 saturated carbocycles. The predicted molar refractivity (Wildman–Crippen MR) is 135 cm³/mol. The lowest BCUT2D eigenvalue weighted by atomic mass is 9.93. The number of carbonyl (C=O) groups excluding carboxylic acids is 1. The quantitative estimate of drug-likeness (QED) is 0.642. The Kier molecular flexibility index (Phi) is 8.06. The van der Waals surface area contributed by atoms with Crippen LogP contribution in [0.1, 0.15) is 65.3 Å². The van der Waals surface area contributed by atoms with E-state index >= 15 is 0 Å². The second-order valence-corrected chi connectivity index (χ2v) is 11.4. The summed E-state index contributed by atoms with van der Waals surface area (Å²) in [6.45, 7) is 12.2. The van der Waals surface area contributed by atoms with Gasteiger partial charge in [-0.1, -0.05) is 19.9 Å². The van der Waals surface area contributed by atoms with E-state index in [1.807, 2.05) is 33.9 Å². The third-order valence-electron chi connectivity index (χ3n) is 6.61. The first-order valence-electron chi connectivity index (χ1n) is 11.7. The Labute approximate surface area is 204 Å². The van der Waals surface area contributed by atoms with Crippen molar-refractivity contribution in [2.24, 2.45) is 0 Å². The highest BCUT2D eigenvalue weighted by Gasteiger charge is 2.28. The molecule has 1 saturated heterocycles.